The van der Waals surface area contributed by atoms with Crippen molar-refractivity contribution in [1.82, 2.24) is 5.32 Å². The van der Waals surface area contributed by atoms with Crippen molar-refractivity contribution >= 4 is 23.5 Å². The largest absolute Gasteiger partial charge is 0.481 e. The number of aliphatic carboxylic acids is 1. The summed E-state index contributed by atoms with van der Waals surface area (Å²) >= 11 is 0. The highest BCUT2D eigenvalue weighted by Gasteiger charge is 2.36. The highest BCUT2D eigenvalue weighted by Crippen LogP contribution is 2.32. The average molecular weight is 332 g/mol. The summed E-state index contributed by atoms with van der Waals surface area (Å²) in [6, 6.07) is 6.81. The van der Waals surface area contributed by atoms with Crippen LogP contribution in [0, 0.1) is 11.8 Å². The van der Waals surface area contributed by atoms with Crippen LogP contribution in [0.1, 0.15) is 32.8 Å². The summed E-state index contributed by atoms with van der Waals surface area (Å²) < 4.78 is 0. The molecule has 0 spiro atoms. The molecule has 1 heterocycles. The van der Waals surface area contributed by atoms with Gasteiger partial charge >= 0.3 is 5.97 Å². The maximum absolute atomic E-state index is 12.5. The molecule has 0 bridgehead atoms. The van der Waals surface area contributed by atoms with E-state index in [0.29, 0.717) is 12.8 Å². The van der Waals surface area contributed by atoms with Gasteiger partial charge in [0.2, 0.25) is 11.8 Å². The fourth-order valence-electron chi connectivity index (χ4n) is 3.17. The predicted molar refractivity (Wildman–Crippen MR) is 90.7 cm³/mol. The highest BCUT2D eigenvalue weighted by molar-refractivity contribution is 6.02. The van der Waals surface area contributed by atoms with E-state index in [2.05, 4.69) is 5.32 Å². The lowest BCUT2D eigenvalue weighted by atomic mass is 9.97. The molecule has 1 aromatic carbocycles. The number of rotatable bonds is 6. The molecule has 1 aliphatic heterocycles. The van der Waals surface area contributed by atoms with Gasteiger partial charge in [0.1, 0.15) is 6.04 Å². The Balaban J connectivity index is 2.07. The average Bonchev–Trinajstić information content (AvgIpc) is 2.90. The number of fused-ring (bicyclic) bond motifs is 1. The van der Waals surface area contributed by atoms with Crippen molar-refractivity contribution < 1.29 is 19.5 Å². The van der Waals surface area contributed by atoms with Gasteiger partial charge in [0.15, 0.2) is 0 Å². The molecule has 1 aromatic rings. The number of nitrogens with zero attached hydrogens (tertiary/aromatic N) is 1. The molecule has 2 amide bonds. The van der Waals surface area contributed by atoms with E-state index in [1.807, 2.05) is 38.1 Å². The summed E-state index contributed by atoms with van der Waals surface area (Å²) in [5.41, 5.74) is 1.70. The van der Waals surface area contributed by atoms with Crippen LogP contribution in [0.5, 0.6) is 0 Å². The number of hydrogen-bond donors (Lipinski definition) is 2. The Kier molecular flexibility index (Phi) is 5.59. The molecule has 0 aliphatic carbocycles. The predicted octanol–water partition coefficient (Wildman–Crippen LogP) is 1.83. The summed E-state index contributed by atoms with van der Waals surface area (Å²) in [4.78, 5) is 37.3. The first-order chi connectivity index (χ1) is 11.3. The second-order valence-corrected chi connectivity index (χ2v) is 6.65. The normalized spacial score (nSPS) is 17.5. The Morgan fingerprint density at radius 2 is 1.96 bits per heavy atom. The number of nitrogens with one attached hydrogen (secondary N) is 1. The van der Waals surface area contributed by atoms with Gasteiger partial charge in [-0.05, 0) is 24.0 Å². The van der Waals surface area contributed by atoms with Gasteiger partial charge in [-0.15, -0.1) is 0 Å². The maximum Gasteiger partial charge on any atom is 0.308 e. The smallest absolute Gasteiger partial charge is 0.308 e. The third-order valence-electron chi connectivity index (χ3n) is 4.25. The van der Waals surface area contributed by atoms with Crippen LogP contribution in [0.15, 0.2) is 24.3 Å². The van der Waals surface area contributed by atoms with Crippen molar-refractivity contribution in [3.05, 3.63) is 29.8 Å². The van der Waals surface area contributed by atoms with E-state index in [4.69, 9.17) is 0 Å². The van der Waals surface area contributed by atoms with Gasteiger partial charge in [-0.3, -0.25) is 19.3 Å². The van der Waals surface area contributed by atoms with Crippen molar-refractivity contribution in [2.24, 2.45) is 11.8 Å². The van der Waals surface area contributed by atoms with E-state index < -0.39 is 17.9 Å². The van der Waals surface area contributed by atoms with Crippen molar-refractivity contribution in [3.8, 4) is 0 Å². The summed E-state index contributed by atoms with van der Waals surface area (Å²) in [6.45, 7) is 5.40. The zero-order valence-electron chi connectivity index (χ0n) is 14.3. The highest BCUT2D eigenvalue weighted by atomic mass is 16.4. The number of benzene rings is 1. The van der Waals surface area contributed by atoms with Crippen LogP contribution in [0.25, 0.3) is 0 Å². The maximum atomic E-state index is 12.5. The topological polar surface area (TPSA) is 86.7 Å². The first-order valence-corrected chi connectivity index (χ1v) is 8.19. The molecule has 2 atom stereocenters. The number of carboxylic acid groups (broad SMARTS) is 1. The number of carbonyl (C=O) groups excluding carboxylic acids is 2. The molecule has 24 heavy (non-hydrogen) atoms. The van der Waals surface area contributed by atoms with Crippen LogP contribution in [0.3, 0.4) is 0 Å². The molecule has 6 nitrogen and oxygen atoms in total. The molecule has 130 valence electrons. The van der Waals surface area contributed by atoms with Crippen LogP contribution in [0.2, 0.25) is 0 Å². The number of para-hydroxylation sites is 1. The van der Waals surface area contributed by atoms with E-state index in [1.165, 1.54) is 11.8 Å². The minimum Gasteiger partial charge on any atom is -0.481 e. The van der Waals surface area contributed by atoms with E-state index in [9.17, 15) is 19.5 Å². The minimum absolute atomic E-state index is 0.0743. The molecule has 0 saturated heterocycles. The van der Waals surface area contributed by atoms with Crippen molar-refractivity contribution in [3.63, 3.8) is 0 Å². The van der Waals surface area contributed by atoms with Gasteiger partial charge in [-0.2, -0.15) is 0 Å². The minimum atomic E-state index is -0.915. The van der Waals surface area contributed by atoms with Crippen LogP contribution in [0.4, 0.5) is 5.69 Å². The zero-order chi connectivity index (χ0) is 17.9. The second kappa shape index (κ2) is 7.47. The summed E-state index contributed by atoms with van der Waals surface area (Å²) in [7, 11) is 0. The van der Waals surface area contributed by atoms with E-state index in [-0.39, 0.29) is 24.3 Å². The van der Waals surface area contributed by atoms with Gasteiger partial charge < -0.3 is 10.4 Å². The molecule has 1 aliphatic rings. The summed E-state index contributed by atoms with van der Waals surface area (Å²) in [6.07, 6.45) is 0.945. The summed E-state index contributed by atoms with van der Waals surface area (Å²) in [5, 5.41) is 12.0. The number of anilines is 1. The fourth-order valence-corrected chi connectivity index (χ4v) is 3.17. The van der Waals surface area contributed by atoms with Gasteiger partial charge in [0.05, 0.1) is 5.92 Å². The zero-order valence-corrected chi connectivity index (χ0v) is 14.3. The van der Waals surface area contributed by atoms with Crippen LogP contribution >= 0.6 is 0 Å². The van der Waals surface area contributed by atoms with Crippen LogP contribution < -0.4 is 10.2 Å². The molecule has 0 saturated carbocycles. The van der Waals surface area contributed by atoms with Gasteiger partial charge in [0, 0.05) is 25.6 Å². The number of carbonyl (C=O) groups is 3. The Bertz CT molecular complexity index is 642. The Morgan fingerprint density at radius 3 is 2.54 bits per heavy atom. The molecule has 2 rings (SSSR count). The molecule has 2 N–H and O–H groups in total. The molecule has 0 radical (unpaired) electrons. The third kappa shape index (κ3) is 3.93. The molecule has 0 fully saturated rings. The van der Waals surface area contributed by atoms with Crippen LogP contribution in [-0.4, -0.2) is 35.5 Å². The molecule has 0 aromatic heterocycles. The fraction of sp³-hybridized carbons (Fsp3) is 0.500. The molecular formula is C18H24N2O4. The SMILES string of the molecule is CC(=O)N1c2ccccc2C[C@H]1C(=O)NC[C@H](CC(C)C)C(=O)O. The standard InChI is InChI=1S/C18H24N2O4/c1-11(2)8-14(18(23)24)10-19-17(22)16-9-13-6-4-5-7-15(13)20(16)12(3)21/h4-7,11,14,16H,8-10H2,1-3H3,(H,19,22)(H,23,24)/t14-,16-/m0/s1. The van der Waals surface area contributed by atoms with E-state index in [1.54, 1.807) is 0 Å². The number of carboxylic acids is 1. The number of hydrogen-bond acceptors (Lipinski definition) is 3. The monoisotopic (exact) mass is 332 g/mol. The lowest BCUT2D eigenvalue weighted by Gasteiger charge is -2.24. The summed E-state index contributed by atoms with van der Waals surface area (Å²) in [5.74, 6) is -1.81. The first kappa shape index (κ1) is 18.0. The third-order valence-corrected chi connectivity index (χ3v) is 4.25. The van der Waals surface area contributed by atoms with E-state index >= 15 is 0 Å². The van der Waals surface area contributed by atoms with Gasteiger partial charge in [-0.1, -0.05) is 32.0 Å². The van der Waals surface area contributed by atoms with Crippen molar-refractivity contribution in [2.75, 3.05) is 11.4 Å². The van der Waals surface area contributed by atoms with Crippen LogP contribution in [-0.2, 0) is 20.8 Å². The molecular weight excluding hydrogens is 308 g/mol. The van der Waals surface area contributed by atoms with Gasteiger partial charge in [0.25, 0.3) is 0 Å². The van der Waals surface area contributed by atoms with Gasteiger partial charge in [-0.25, -0.2) is 0 Å². The van der Waals surface area contributed by atoms with Crippen molar-refractivity contribution in [1.29, 1.82) is 0 Å². The van der Waals surface area contributed by atoms with Crippen molar-refractivity contribution in [2.45, 2.75) is 39.7 Å². The number of amides is 2. The quantitative estimate of drug-likeness (QED) is 0.832. The Morgan fingerprint density at radius 1 is 1.29 bits per heavy atom. The molecule has 6 heteroatoms. The second-order valence-electron chi connectivity index (χ2n) is 6.65. The Hall–Kier alpha value is -2.37. The lowest BCUT2D eigenvalue weighted by Crippen LogP contribution is -2.48. The first-order valence-electron chi connectivity index (χ1n) is 8.19. The van der Waals surface area contributed by atoms with E-state index in [0.717, 1.165) is 11.3 Å². The Labute approximate surface area is 141 Å². The lowest BCUT2D eigenvalue weighted by molar-refractivity contribution is -0.142. The molecule has 0 unspecified atom stereocenters.